The maximum absolute atomic E-state index is 4.63. The van der Waals surface area contributed by atoms with Crippen molar-refractivity contribution in [3.05, 3.63) is 53.2 Å². The van der Waals surface area contributed by atoms with Crippen LogP contribution in [0.3, 0.4) is 0 Å². The Morgan fingerprint density at radius 2 is 1.61 bits per heavy atom. The van der Waals surface area contributed by atoms with E-state index in [0.29, 0.717) is 5.92 Å². The molecule has 2 rings (SSSR count). The van der Waals surface area contributed by atoms with Crippen LogP contribution in [0.2, 0.25) is 0 Å². The largest absolute Gasteiger partial charge is 0.253 e. The Kier molecular flexibility index (Phi) is 3.81. The number of nitrogens with zero attached hydrogens (tertiary/aromatic N) is 1. The molecule has 18 heavy (non-hydrogen) atoms. The topological polar surface area (TPSA) is 12.9 Å². The summed E-state index contributed by atoms with van der Waals surface area (Å²) < 4.78 is 0. The molecule has 0 saturated carbocycles. The minimum absolute atomic E-state index is 0.704. The molecule has 1 aromatic carbocycles. The molecule has 1 nitrogen and oxygen atoms in total. The van der Waals surface area contributed by atoms with Crippen molar-refractivity contribution in [3.63, 3.8) is 0 Å². The summed E-state index contributed by atoms with van der Waals surface area (Å²) in [6.45, 7) is 8.65. The van der Waals surface area contributed by atoms with Gasteiger partial charge in [0.15, 0.2) is 0 Å². The van der Waals surface area contributed by atoms with E-state index in [2.05, 4.69) is 69.1 Å². The Balaban J connectivity index is 2.25. The number of hydrogen-bond donors (Lipinski definition) is 0. The van der Waals surface area contributed by atoms with Crippen molar-refractivity contribution in [2.45, 2.75) is 34.1 Å². The quantitative estimate of drug-likeness (QED) is 0.765. The van der Waals surface area contributed by atoms with Gasteiger partial charge in [-0.25, -0.2) is 0 Å². The van der Waals surface area contributed by atoms with Gasteiger partial charge in [0.1, 0.15) is 0 Å². The van der Waals surface area contributed by atoms with E-state index in [-0.39, 0.29) is 0 Å². The number of rotatable bonds is 3. The van der Waals surface area contributed by atoms with Gasteiger partial charge in [-0.15, -0.1) is 0 Å². The molecule has 0 spiro atoms. The molecule has 0 aliphatic rings. The first-order valence-corrected chi connectivity index (χ1v) is 6.60. The van der Waals surface area contributed by atoms with E-state index in [9.17, 15) is 0 Å². The summed E-state index contributed by atoms with van der Waals surface area (Å²) in [6, 6.07) is 13.0. The molecular formula is C17H21N. The van der Waals surface area contributed by atoms with Gasteiger partial charge in [-0.1, -0.05) is 44.2 Å². The van der Waals surface area contributed by atoms with Crippen LogP contribution in [-0.2, 0) is 6.42 Å². The van der Waals surface area contributed by atoms with Crippen LogP contribution in [-0.4, -0.2) is 4.98 Å². The molecule has 1 heterocycles. The van der Waals surface area contributed by atoms with Crippen LogP contribution in [0.25, 0.3) is 11.3 Å². The normalized spacial score (nSPS) is 10.9. The smallest absolute Gasteiger partial charge is 0.0705 e. The summed E-state index contributed by atoms with van der Waals surface area (Å²) in [5, 5.41) is 0. The average Bonchev–Trinajstić information content (AvgIpc) is 2.33. The summed E-state index contributed by atoms with van der Waals surface area (Å²) in [6.07, 6.45) is 1.14. The standard InChI is InChI=1S/C17H21N/c1-12(2)11-15-6-8-16(9-7-15)17-10-5-13(3)14(4)18-17/h5-10,12H,11H2,1-4H3. The fourth-order valence-electron chi connectivity index (χ4n) is 2.07. The van der Waals surface area contributed by atoms with E-state index in [1.165, 1.54) is 16.7 Å². The molecule has 0 aliphatic heterocycles. The number of benzene rings is 1. The molecule has 1 aromatic heterocycles. The minimum Gasteiger partial charge on any atom is -0.253 e. The second-order valence-electron chi connectivity index (χ2n) is 5.39. The molecule has 0 N–H and O–H groups in total. The predicted molar refractivity (Wildman–Crippen MR) is 77.7 cm³/mol. The zero-order valence-corrected chi connectivity index (χ0v) is 11.7. The second-order valence-corrected chi connectivity index (χ2v) is 5.39. The van der Waals surface area contributed by atoms with Gasteiger partial charge in [0.05, 0.1) is 5.69 Å². The summed E-state index contributed by atoms with van der Waals surface area (Å²) >= 11 is 0. The summed E-state index contributed by atoms with van der Waals surface area (Å²) in [7, 11) is 0. The lowest BCUT2D eigenvalue weighted by Gasteiger charge is -2.07. The predicted octanol–water partition coefficient (Wildman–Crippen LogP) is 4.56. The van der Waals surface area contributed by atoms with Crippen LogP contribution in [0.5, 0.6) is 0 Å². The van der Waals surface area contributed by atoms with Crippen molar-refractivity contribution in [1.82, 2.24) is 4.98 Å². The van der Waals surface area contributed by atoms with E-state index in [0.717, 1.165) is 17.8 Å². The van der Waals surface area contributed by atoms with Crippen LogP contribution in [0.15, 0.2) is 36.4 Å². The SMILES string of the molecule is Cc1ccc(-c2ccc(CC(C)C)cc2)nc1C. The third-order valence-corrected chi connectivity index (χ3v) is 3.24. The summed E-state index contributed by atoms with van der Waals surface area (Å²) in [5.41, 5.74) is 6.02. The van der Waals surface area contributed by atoms with Gasteiger partial charge in [-0.3, -0.25) is 4.98 Å². The summed E-state index contributed by atoms with van der Waals surface area (Å²) in [4.78, 5) is 4.63. The van der Waals surface area contributed by atoms with Crippen molar-refractivity contribution < 1.29 is 0 Å². The lowest BCUT2D eigenvalue weighted by atomic mass is 10.0. The van der Waals surface area contributed by atoms with Crippen LogP contribution in [0, 0.1) is 19.8 Å². The monoisotopic (exact) mass is 239 g/mol. The lowest BCUT2D eigenvalue weighted by molar-refractivity contribution is 0.647. The minimum atomic E-state index is 0.704. The van der Waals surface area contributed by atoms with Crippen molar-refractivity contribution in [3.8, 4) is 11.3 Å². The molecule has 0 unspecified atom stereocenters. The third kappa shape index (κ3) is 2.98. The number of pyridine rings is 1. The molecule has 0 atom stereocenters. The fraction of sp³-hybridized carbons (Fsp3) is 0.353. The molecule has 1 heteroatoms. The van der Waals surface area contributed by atoms with Gasteiger partial charge in [0.2, 0.25) is 0 Å². The molecule has 0 fully saturated rings. The Hall–Kier alpha value is -1.63. The highest BCUT2D eigenvalue weighted by molar-refractivity contribution is 5.60. The average molecular weight is 239 g/mol. The zero-order chi connectivity index (χ0) is 13.1. The first kappa shape index (κ1) is 12.8. The van der Waals surface area contributed by atoms with E-state index >= 15 is 0 Å². The maximum atomic E-state index is 4.63. The van der Waals surface area contributed by atoms with Gasteiger partial charge in [-0.05, 0) is 43.4 Å². The Labute approximate surface area is 110 Å². The van der Waals surface area contributed by atoms with Gasteiger partial charge in [0, 0.05) is 11.3 Å². The highest BCUT2D eigenvalue weighted by Gasteiger charge is 2.02. The summed E-state index contributed by atoms with van der Waals surface area (Å²) in [5.74, 6) is 0.704. The first-order valence-electron chi connectivity index (χ1n) is 6.60. The first-order chi connectivity index (χ1) is 8.56. The van der Waals surface area contributed by atoms with E-state index in [1.54, 1.807) is 0 Å². The van der Waals surface area contributed by atoms with Crippen LogP contribution >= 0.6 is 0 Å². The van der Waals surface area contributed by atoms with Crippen molar-refractivity contribution in [1.29, 1.82) is 0 Å². The maximum Gasteiger partial charge on any atom is 0.0705 e. The highest BCUT2D eigenvalue weighted by Crippen LogP contribution is 2.20. The lowest BCUT2D eigenvalue weighted by Crippen LogP contribution is -1.94. The third-order valence-electron chi connectivity index (χ3n) is 3.24. The fourth-order valence-corrected chi connectivity index (χ4v) is 2.07. The van der Waals surface area contributed by atoms with Crippen molar-refractivity contribution in [2.75, 3.05) is 0 Å². The highest BCUT2D eigenvalue weighted by atomic mass is 14.7. The van der Waals surface area contributed by atoms with Gasteiger partial charge >= 0.3 is 0 Å². The molecular weight excluding hydrogens is 218 g/mol. The molecule has 0 bridgehead atoms. The van der Waals surface area contributed by atoms with E-state index in [4.69, 9.17) is 0 Å². The van der Waals surface area contributed by atoms with Crippen LogP contribution in [0.4, 0.5) is 0 Å². The zero-order valence-electron chi connectivity index (χ0n) is 11.7. The van der Waals surface area contributed by atoms with E-state index < -0.39 is 0 Å². The van der Waals surface area contributed by atoms with Gasteiger partial charge in [-0.2, -0.15) is 0 Å². The second kappa shape index (κ2) is 5.34. The molecule has 0 radical (unpaired) electrons. The van der Waals surface area contributed by atoms with Crippen LogP contribution in [0.1, 0.15) is 30.7 Å². The van der Waals surface area contributed by atoms with Crippen LogP contribution < -0.4 is 0 Å². The molecule has 0 amide bonds. The molecule has 0 saturated heterocycles. The van der Waals surface area contributed by atoms with E-state index in [1.807, 2.05) is 0 Å². The molecule has 2 aromatic rings. The Bertz CT molecular complexity index is 524. The number of hydrogen-bond acceptors (Lipinski definition) is 1. The van der Waals surface area contributed by atoms with Crippen molar-refractivity contribution in [2.24, 2.45) is 5.92 Å². The molecule has 94 valence electrons. The Morgan fingerprint density at radius 3 is 2.17 bits per heavy atom. The Morgan fingerprint density at radius 1 is 0.944 bits per heavy atom. The molecule has 0 aliphatic carbocycles. The van der Waals surface area contributed by atoms with Gasteiger partial charge < -0.3 is 0 Å². The van der Waals surface area contributed by atoms with Crippen molar-refractivity contribution >= 4 is 0 Å². The number of aromatic nitrogens is 1. The van der Waals surface area contributed by atoms with Gasteiger partial charge in [0.25, 0.3) is 0 Å². The number of aryl methyl sites for hydroxylation is 2.